The van der Waals surface area contributed by atoms with E-state index in [9.17, 15) is 0 Å². The number of nitrogens with zero attached hydrogens (tertiary/aromatic N) is 2. The molecular weight excluding hydrogens is 296 g/mol. The van der Waals surface area contributed by atoms with Crippen molar-refractivity contribution < 1.29 is 0 Å². The summed E-state index contributed by atoms with van der Waals surface area (Å²) in [6.45, 7) is 5.12. The van der Waals surface area contributed by atoms with Crippen LogP contribution < -0.4 is 0 Å². The van der Waals surface area contributed by atoms with E-state index in [4.69, 9.17) is 0 Å². The fourth-order valence-electron chi connectivity index (χ4n) is 1.66. The Labute approximate surface area is 114 Å². The number of thiophene rings is 1. The van der Waals surface area contributed by atoms with Gasteiger partial charge in [-0.3, -0.25) is 9.88 Å². The Morgan fingerprint density at radius 1 is 1.35 bits per heavy atom. The van der Waals surface area contributed by atoms with E-state index in [-0.39, 0.29) is 0 Å². The maximum absolute atomic E-state index is 4.37. The second kappa shape index (κ2) is 6.28. The van der Waals surface area contributed by atoms with Crippen LogP contribution in [0, 0.1) is 0 Å². The first-order chi connectivity index (χ1) is 8.28. The molecule has 17 heavy (non-hydrogen) atoms. The molecule has 90 valence electrons. The monoisotopic (exact) mass is 310 g/mol. The summed E-state index contributed by atoms with van der Waals surface area (Å²) in [6.07, 6.45) is 1.85. The molecule has 0 saturated heterocycles. The Morgan fingerprint density at radius 2 is 2.24 bits per heavy atom. The van der Waals surface area contributed by atoms with Crippen molar-refractivity contribution in [1.29, 1.82) is 0 Å². The summed E-state index contributed by atoms with van der Waals surface area (Å²) in [7, 11) is 0. The predicted molar refractivity (Wildman–Crippen MR) is 76.0 cm³/mol. The third-order valence-corrected chi connectivity index (χ3v) is 4.24. The number of rotatable bonds is 5. The number of hydrogen-bond acceptors (Lipinski definition) is 3. The summed E-state index contributed by atoms with van der Waals surface area (Å²) in [6, 6.07) is 8.26. The van der Waals surface area contributed by atoms with Gasteiger partial charge in [0.15, 0.2) is 0 Å². The Hall–Kier alpha value is -0.710. The highest BCUT2D eigenvalue weighted by Gasteiger charge is 2.07. The van der Waals surface area contributed by atoms with Gasteiger partial charge in [-0.15, -0.1) is 11.3 Å². The first kappa shape index (κ1) is 12.7. The van der Waals surface area contributed by atoms with Crippen LogP contribution in [0.5, 0.6) is 0 Å². The van der Waals surface area contributed by atoms with Gasteiger partial charge in [-0.25, -0.2) is 0 Å². The zero-order valence-corrected chi connectivity index (χ0v) is 12.2. The molecule has 2 aromatic rings. The average molecular weight is 311 g/mol. The maximum atomic E-state index is 4.37. The van der Waals surface area contributed by atoms with Crippen molar-refractivity contribution in [1.82, 2.24) is 9.88 Å². The molecular formula is C13H15BrN2S. The minimum atomic E-state index is 0.910. The van der Waals surface area contributed by atoms with Crippen molar-refractivity contribution in [3.63, 3.8) is 0 Å². The molecule has 0 bridgehead atoms. The van der Waals surface area contributed by atoms with E-state index in [1.54, 1.807) is 11.3 Å². The van der Waals surface area contributed by atoms with Gasteiger partial charge < -0.3 is 0 Å². The van der Waals surface area contributed by atoms with Crippen LogP contribution in [0.4, 0.5) is 0 Å². The maximum Gasteiger partial charge on any atom is 0.0544 e. The normalized spacial score (nSPS) is 11.0. The fourth-order valence-corrected chi connectivity index (χ4v) is 3.15. The van der Waals surface area contributed by atoms with E-state index >= 15 is 0 Å². The first-order valence-corrected chi connectivity index (χ1v) is 7.30. The molecule has 0 amide bonds. The topological polar surface area (TPSA) is 16.1 Å². The molecule has 0 aromatic carbocycles. The summed E-state index contributed by atoms with van der Waals surface area (Å²) in [4.78, 5) is 8.14. The van der Waals surface area contributed by atoms with Crippen molar-refractivity contribution in [3.05, 3.63) is 50.9 Å². The van der Waals surface area contributed by atoms with Crippen LogP contribution >= 0.6 is 27.3 Å². The molecule has 0 radical (unpaired) electrons. The van der Waals surface area contributed by atoms with Crippen LogP contribution in [0.2, 0.25) is 0 Å². The summed E-state index contributed by atoms with van der Waals surface area (Å²) >= 11 is 5.29. The summed E-state index contributed by atoms with van der Waals surface area (Å²) in [5, 5.41) is 2.13. The summed E-state index contributed by atoms with van der Waals surface area (Å²) in [5.41, 5.74) is 1.13. The van der Waals surface area contributed by atoms with Gasteiger partial charge in [-0.05, 0) is 40.7 Å². The molecule has 2 nitrogen and oxygen atoms in total. The van der Waals surface area contributed by atoms with Crippen LogP contribution in [-0.4, -0.2) is 16.4 Å². The van der Waals surface area contributed by atoms with E-state index in [0.717, 1.165) is 25.3 Å². The van der Waals surface area contributed by atoms with Crippen molar-refractivity contribution in [3.8, 4) is 0 Å². The standard InChI is InChI=1S/C13H15BrN2S/c1-2-16(8-12-5-3-4-6-15-12)9-13-7-11(14)10-17-13/h3-7,10H,2,8-9H2,1H3. The molecule has 0 saturated carbocycles. The van der Waals surface area contributed by atoms with Crippen LogP contribution in [-0.2, 0) is 13.1 Å². The zero-order chi connectivity index (χ0) is 12.1. The SMILES string of the molecule is CCN(Cc1ccccn1)Cc1cc(Br)cs1. The van der Waals surface area contributed by atoms with E-state index in [0.29, 0.717) is 0 Å². The number of hydrogen-bond donors (Lipinski definition) is 0. The molecule has 2 aromatic heterocycles. The first-order valence-electron chi connectivity index (χ1n) is 5.63. The molecule has 4 heteroatoms. The van der Waals surface area contributed by atoms with Gasteiger partial charge in [0.1, 0.15) is 0 Å². The van der Waals surface area contributed by atoms with Crippen LogP contribution in [0.25, 0.3) is 0 Å². The van der Waals surface area contributed by atoms with Crippen LogP contribution in [0.1, 0.15) is 17.5 Å². The summed E-state index contributed by atoms with van der Waals surface area (Å²) < 4.78 is 1.17. The molecule has 0 spiro atoms. The molecule has 2 heterocycles. The number of halogens is 1. The Kier molecular flexibility index (Phi) is 4.71. The van der Waals surface area contributed by atoms with Crippen molar-refractivity contribution in [2.45, 2.75) is 20.0 Å². The predicted octanol–water partition coefficient (Wildman–Crippen LogP) is 3.93. The number of pyridine rings is 1. The fraction of sp³-hybridized carbons (Fsp3) is 0.308. The highest BCUT2D eigenvalue weighted by molar-refractivity contribution is 9.10. The third kappa shape index (κ3) is 3.91. The minimum absolute atomic E-state index is 0.910. The molecule has 2 rings (SSSR count). The summed E-state index contributed by atoms with van der Waals surface area (Å²) in [5.74, 6) is 0. The smallest absolute Gasteiger partial charge is 0.0544 e. The van der Waals surface area contributed by atoms with E-state index in [2.05, 4.69) is 50.3 Å². The van der Waals surface area contributed by atoms with Crippen molar-refractivity contribution >= 4 is 27.3 Å². The van der Waals surface area contributed by atoms with Gasteiger partial charge in [0.25, 0.3) is 0 Å². The molecule has 0 aliphatic heterocycles. The minimum Gasteiger partial charge on any atom is -0.293 e. The zero-order valence-electron chi connectivity index (χ0n) is 9.77. The quantitative estimate of drug-likeness (QED) is 0.832. The second-order valence-corrected chi connectivity index (χ2v) is 5.77. The van der Waals surface area contributed by atoms with Gasteiger partial charge >= 0.3 is 0 Å². The van der Waals surface area contributed by atoms with Gasteiger partial charge in [0, 0.05) is 34.0 Å². The van der Waals surface area contributed by atoms with E-state index < -0.39 is 0 Å². The Bertz CT molecular complexity index is 455. The lowest BCUT2D eigenvalue weighted by Gasteiger charge is -2.18. The molecule has 0 N–H and O–H groups in total. The highest BCUT2D eigenvalue weighted by atomic mass is 79.9. The third-order valence-electron chi connectivity index (χ3n) is 2.56. The van der Waals surface area contributed by atoms with Crippen molar-refractivity contribution in [2.75, 3.05) is 6.54 Å². The van der Waals surface area contributed by atoms with Gasteiger partial charge in [-0.1, -0.05) is 13.0 Å². The van der Waals surface area contributed by atoms with Gasteiger partial charge in [0.2, 0.25) is 0 Å². The number of aromatic nitrogens is 1. The van der Waals surface area contributed by atoms with Crippen LogP contribution in [0.15, 0.2) is 40.3 Å². The highest BCUT2D eigenvalue weighted by Crippen LogP contribution is 2.21. The molecule has 0 aliphatic carbocycles. The lowest BCUT2D eigenvalue weighted by molar-refractivity contribution is 0.270. The molecule has 0 unspecified atom stereocenters. The average Bonchev–Trinajstić information content (AvgIpc) is 2.75. The van der Waals surface area contributed by atoms with E-state index in [1.165, 1.54) is 9.35 Å². The Balaban J connectivity index is 1.98. The molecule has 0 fully saturated rings. The lowest BCUT2D eigenvalue weighted by atomic mass is 10.3. The van der Waals surface area contributed by atoms with Crippen LogP contribution in [0.3, 0.4) is 0 Å². The van der Waals surface area contributed by atoms with Gasteiger partial charge in [-0.2, -0.15) is 0 Å². The largest absolute Gasteiger partial charge is 0.293 e. The molecule has 0 atom stereocenters. The van der Waals surface area contributed by atoms with Gasteiger partial charge in [0.05, 0.1) is 5.69 Å². The molecule has 0 aliphatic rings. The lowest BCUT2D eigenvalue weighted by Crippen LogP contribution is -2.22. The van der Waals surface area contributed by atoms with E-state index in [1.807, 2.05) is 18.3 Å². The van der Waals surface area contributed by atoms with Crippen molar-refractivity contribution in [2.24, 2.45) is 0 Å². The second-order valence-electron chi connectivity index (χ2n) is 3.86. The Morgan fingerprint density at radius 3 is 2.82 bits per heavy atom.